The fourth-order valence-corrected chi connectivity index (χ4v) is 1.44. The number of carbonyl (C=O) groups excluding carboxylic acids is 1. The highest BCUT2D eigenvalue weighted by Crippen LogP contribution is 2.19. The smallest absolute Gasteiger partial charge is 0.343 e. The van der Waals surface area contributed by atoms with Crippen molar-refractivity contribution >= 4 is 5.97 Å². The van der Waals surface area contributed by atoms with Crippen LogP contribution in [-0.4, -0.2) is 25.7 Å². The van der Waals surface area contributed by atoms with Crippen molar-refractivity contribution in [2.75, 3.05) is 13.7 Å². The van der Waals surface area contributed by atoms with Crippen molar-refractivity contribution in [3.05, 3.63) is 29.8 Å². The van der Waals surface area contributed by atoms with Crippen LogP contribution in [0.1, 0.15) is 18.9 Å². The lowest BCUT2D eigenvalue weighted by molar-refractivity contribution is -0.142. The van der Waals surface area contributed by atoms with Gasteiger partial charge in [-0.05, 0) is 24.5 Å². The minimum absolute atomic E-state index is 0.0745. The number of hydrogen-bond acceptors (Lipinski definition) is 4. The first-order valence-corrected chi connectivity index (χ1v) is 5.70. The van der Waals surface area contributed by atoms with Gasteiger partial charge in [0.15, 0.2) is 6.61 Å². The maximum Gasteiger partial charge on any atom is 0.343 e. The second-order valence-electron chi connectivity index (χ2n) is 3.84. The van der Waals surface area contributed by atoms with E-state index in [-0.39, 0.29) is 18.6 Å². The number of esters is 1. The molecule has 4 heteroatoms. The first kappa shape index (κ1) is 13.5. The number of carbonyl (C=O) groups is 1. The van der Waals surface area contributed by atoms with Crippen LogP contribution in [0, 0.1) is 0 Å². The van der Waals surface area contributed by atoms with Crippen molar-refractivity contribution in [1.82, 2.24) is 0 Å². The molecule has 0 aliphatic rings. The third-order valence-corrected chi connectivity index (χ3v) is 2.55. The van der Waals surface area contributed by atoms with E-state index < -0.39 is 0 Å². The summed E-state index contributed by atoms with van der Waals surface area (Å²) in [5.74, 6) is 0.307. The SMILES string of the molecule is CCC(N)Cc1ccccc1OCC(=O)OC. The molecule has 0 radical (unpaired) electrons. The van der Waals surface area contributed by atoms with E-state index in [0.29, 0.717) is 5.75 Å². The average molecular weight is 237 g/mol. The van der Waals surface area contributed by atoms with Crippen molar-refractivity contribution in [2.45, 2.75) is 25.8 Å². The average Bonchev–Trinajstić information content (AvgIpc) is 2.37. The van der Waals surface area contributed by atoms with Gasteiger partial charge in [-0.1, -0.05) is 25.1 Å². The zero-order valence-electron chi connectivity index (χ0n) is 10.3. The quantitative estimate of drug-likeness (QED) is 0.762. The molecular weight excluding hydrogens is 218 g/mol. The third kappa shape index (κ3) is 4.44. The highest BCUT2D eigenvalue weighted by atomic mass is 16.6. The zero-order valence-corrected chi connectivity index (χ0v) is 10.3. The van der Waals surface area contributed by atoms with E-state index in [2.05, 4.69) is 4.74 Å². The molecule has 0 heterocycles. The van der Waals surface area contributed by atoms with Crippen molar-refractivity contribution in [1.29, 1.82) is 0 Å². The Hall–Kier alpha value is -1.55. The van der Waals surface area contributed by atoms with Crippen LogP contribution in [0.25, 0.3) is 0 Å². The largest absolute Gasteiger partial charge is 0.482 e. The summed E-state index contributed by atoms with van der Waals surface area (Å²) in [6.45, 7) is 1.97. The first-order chi connectivity index (χ1) is 8.17. The second kappa shape index (κ2) is 6.91. The number of nitrogens with two attached hydrogens (primary N) is 1. The lowest BCUT2D eigenvalue weighted by Crippen LogP contribution is -2.22. The molecule has 1 aromatic rings. The van der Waals surface area contributed by atoms with Crippen LogP contribution < -0.4 is 10.5 Å². The summed E-state index contributed by atoms with van der Waals surface area (Å²) in [6.07, 6.45) is 1.65. The molecule has 0 aliphatic heterocycles. The van der Waals surface area contributed by atoms with Gasteiger partial charge in [0.25, 0.3) is 0 Å². The molecule has 0 bridgehead atoms. The summed E-state index contributed by atoms with van der Waals surface area (Å²) in [4.78, 5) is 11.0. The molecule has 1 unspecified atom stereocenters. The Bertz CT molecular complexity index is 365. The van der Waals surface area contributed by atoms with E-state index in [1.54, 1.807) is 0 Å². The Kier molecular flexibility index (Phi) is 5.49. The van der Waals surface area contributed by atoms with Gasteiger partial charge in [-0.25, -0.2) is 4.79 Å². The lowest BCUT2D eigenvalue weighted by atomic mass is 10.0. The van der Waals surface area contributed by atoms with Gasteiger partial charge < -0.3 is 15.2 Å². The fourth-order valence-electron chi connectivity index (χ4n) is 1.44. The van der Waals surface area contributed by atoms with Gasteiger partial charge in [0.05, 0.1) is 7.11 Å². The van der Waals surface area contributed by atoms with Crippen LogP contribution in [0.5, 0.6) is 5.75 Å². The van der Waals surface area contributed by atoms with Crippen molar-refractivity contribution < 1.29 is 14.3 Å². The van der Waals surface area contributed by atoms with Crippen molar-refractivity contribution in [2.24, 2.45) is 5.73 Å². The van der Waals surface area contributed by atoms with Gasteiger partial charge in [-0.15, -0.1) is 0 Å². The number of benzene rings is 1. The Labute approximate surface area is 102 Å². The summed E-state index contributed by atoms with van der Waals surface area (Å²) in [6, 6.07) is 7.71. The van der Waals surface area contributed by atoms with Crippen LogP contribution >= 0.6 is 0 Å². The molecule has 0 saturated heterocycles. The zero-order chi connectivity index (χ0) is 12.7. The predicted octanol–water partition coefficient (Wildman–Crippen LogP) is 1.52. The second-order valence-corrected chi connectivity index (χ2v) is 3.84. The number of hydrogen-bond donors (Lipinski definition) is 1. The van der Waals surface area contributed by atoms with E-state index in [1.807, 2.05) is 31.2 Å². The highest BCUT2D eigenvalue weighted by molar-refractivity contribution is 5.70. The van der Waals surface area contributed by atoms with Crippen molar-refractivity contribution in [3.8, 4) is 5.75 Å². The molecule has 1 rings (SSSR count). The molecule has 0 fully saturated rings. The van der Waals surface area contributed by atoms with Gasteiger partial charge in [0, 0.05) is 6.04 Å². The van der Waals surface area contributed by atoms with Crippen LogP contribution in [0.2, 0.25) is 0 Å². The molecule has 1 aromatic carbocycles. The van der Waals surface area contributed by atoms with Crippen molar-refractivity contribution in [3.63, 3.8) is 0 Å². The lowest BCUT2D eigenvalue weighted by Gasteiger charge is -2.13. The van der Waals surface area contributed by atoms with E-state index in [4.69, 9.17) is 10.5 Å². The molecule has 0 aliphatic carbocycles. The molecular formula is C13H19NO3. The number of rotatable bonds is 6. The Morgan fingerprint density at radius 1 is 1.41 bits per heavy atom. The molecule has 4 nitrogen and oxygen atoms in total. The normalized spacial score (nSPS) is 11.9. The Morgan fingerprint density at radius 3 is 2.76 bits per heavy atom. The monoisotopic (exact) mass is 237 g/mol. The van der Waals surface area contributed by atoms with Gasteiger partial charge in [-0.3, -0.25) is 0 Å². The van der Waals surface area contributed by atoms with Crippen LogP contribution in [0.15, 0.2) is 24.3 Å². The topological polar surface area (TPSA) is 61.5 Å². The number of ether oxygens (including phenoxy) is 2. The number of methoxy groups -OCH3 is 1. The molecule has 2 N–H and O–H groups in total. The summed E-state index contributed by atoms with van der Waals surface area (Å²) in [5.41, 5.74) is 6.93. The van der Waals surface area contributed by atoms with Crippen LogP contribution in [0.3, 0.4) is 0 Å². The Balaban J connectivity index is 2.67. The highest BCUT2D eigenvalue weighted by Gasteiger charge is 2.09. The molecule has 0 aromatic heterocycles. The summed E-state index contributed by atoms with van der Waals surface area (Å²) < 4.78 is 9.93. The van der Waals surface area contributed by atoms with E-state index in [9.17, 15) is 4.79 Å². The van der Waals surface area contributed by atoms with E-state index in [0.717, 1.165) is 18.4 Å². The van der Waals surface area contributed by atoms with Gasteiger partial charge in [0.2, 0.25) is 0 Å². The maximum absolute atomic E-state index is 11.0. The predicted molar refractivity (Wildman–Crippen MR) is 65.9 cm³/mol. The Morgan fingerprint density at radius 2 is 2.12 bits per heavy atom. The standard InChI is InChI=1S/C13H19NO3/c1-3-11(14)8-10-6-4-5-7-12(10)17-9-13(15)16-2/h4-7,11H,3,8-9,14H2,1-2H3. The van der Waals surface area contributed by atoms with Crippen LogP contribution in [-0.2, 0) is 16.0 Å². The minimum Gasteiger partial charge on any atom is -0.482 e. The molecule has 0 saturated carbocycles. The molecule has 0 amide bonds. The van der Waals surface area contributed by atoms with Crippen LogP contribution in [0.4, 0.5) is 0 Å². The van der Waals surface area contributed by atoms with E-state index >= 15 is 0 Å². The maximum atomic E-state index is 11.0. The van der Waals surface area contributed by atoms with Gasteiger partial charge in [0.1, 0.15) is 5.75 Å². The first-order valence-electron chi connectivity index (χ1n) is 5.70. The molecule has 0 spiro atoms. The molecule has 17 heavy (non-hydrogen) atoms. The van der Waals surface area contributed by atoms with Gasteiger partial charge in [-0.2, -0.15) is 0 Å². The number of para-hydroxylation sites is 1. The van der Waals surface area contributed by atoms with E-state index in [1.165, 1.54) is 7.11 Å². The molecule has 1 atom stereocenters. The fraction of sp³-hybridized carbons (Fsp3) is 0.462. The summed E-state index contributed by atoms with van der Waals surface area (Å²) >= 11 is 0. The minimum atomic E-state index is -0.389. The third-order valence-electron chi connectivity index (χ3n) is 2.55. The van der Waals surface area contributed by atoms with Gasteiger partial charge >= 0.3 is 5.97 Å². The molecule has 94 valence electrons. The summed E-state index contributed by atoms with van der Waals surface area (Å²) in [5, 5.41) is 0. The summed E-state index contributed by atoms with van der Waals surface area (Å²) in [7, 11) is 1.34.